The van der Waals surface area contributed by atoms with Crippen LogP contribution in [0, 0.1) is 13.8 Å². The monoisotopic (exact) mass is 237 g/mol. The number of hydrogen-bond acceptors (Lipinski definition) is 2. The number of nitrogens with zero attached hydrogens (tertiary/aromatic N) is 3. The number of aromatic nitrogens is 3. The summed E-state index contributed by atoms with van der Waals surface area (Å²) < 4.78 is 2.02. The zero-order chi connectivity index (χ0) is 12.5. The molecule has 0 bridgehead atoms. The fraction of sp³-hybridized carbons (Fsp3) is 0.200. The Labute approximate surface area is 106 Å². The number of pyridine rings is 1. The van der Waals surface area contributed by atoms with Crippen LogP contribution >= 0.6 is 0 Å². The van der Waals surface area contributed by atoms with E-state index in [9.17, 15) is 0 Å². The second kappa shape index (κ2) is 4.26. The molecule has 90 valence electrons. The Hall–Kier alpha value is -2.16. The van der Waals surface area contributed by atoms with Gasteiger partial charge in [-0.3, -0.25) is 9.67 Å². The smallest absolute Gasteiger partial charge is 0.0838 e. The van der Waals surface area contributed by atoms with Gasteiger partial charge in [-0.25, -0.2) is 0 Å². The molecule has 3 rings (SSSR count). The molecule has 0 unspecified atom stereocenters. The van der Waals surface area contributed by atoms with Crippen molar-refractivity contribution in [2.75, 3.05) is 0 Å². The average molecular weight is 237 g/mol. The van der Waals surface area contributed by atoms with Crippen LogP contribution in [0.15, 0.2) is 42.5 Å². The average Bonchev–Trinajstić information content (AvgIpc) is 2.67. The highest BCUT2D eigenvalue weighted by atomic mass is 15.3. The van der Waals surface area contributed by atoms with Crippen molar-refractivity contribution in [1.82, 2.24) is 14.8 Å². The normalized spacial score (nSPS) is 11.0. The van der Waals surface area contributed by atoms with Crippen molar-refractivity contribution in [1.29, 1.82) is 0 Å². The molecule has 2 heterocycles. The molecular formula is C15H15N3. The van der Waals surface area contributed by atoms with Crippen LogP contribution in [-0.4, -0.2) is 14.8 Å². The van der Waals surface area contributed by atoms with E-state index < -0.39 is 0 Å². The van der Waals surface area contributed by atoms with Gasteiger partial charge >= 0.3 is 0 Å². The summed E-state index contributed by atoms with van der Waals surface area (Å²) in [5.74, 6) is 0. The summed E-state index contributed by atoms with van der Waals surface area (Å²) in [5, 5.41) is 5.80. The van der Waals surface area contributed by atoms with E-state index in [2.05, 4.69) is 22.2 Å². The number of benzene rings is 1. The second-order valence-electron chi connectivity index (χ2n) is 4.53. The molecule has 3 heteroatoms. The molecule has 18 heavy (non-hydrogen) atoms. The first-order valence-corrected chi connectivity index (χ1v) is 6.09. The first kappa shape index (κ1) is 11.0. The number of rotatable bonds is 2. The van der Waals surface area contributed by atoms with Gasteiger partial charge in [0.2, 0.25) is 0 Å². The van der Waals surface area contributed by atoms with Crippen LogP contribution in [0.3, 0.4) is 0 Å². The van der Waals surface area contributed by atoms with Crippen LogP contribution in [-0.2, 0) is 6.54 Å². The number of hydrogen-bond donors (Lipinski definition) is 0. The molecule has 0 saturated heterocycles. The van der Waals surface area contributed by atoms with E-state index in [1.807, 2.05) is 48.9 Å². The second-order valence-corrected chi connectivity index (χ2v) is 4.53. The lowest BCUT2D eigenvalue weighted by atomic mass is 10.2. The number of fused-ring (bicyclic) bond motifs is 1. The van der Waals surface area contributed by atoms with Crippen LogP contribution in [0.5, 0.6) is 0 Å². The Morgan fingerprint density at radius 2 is 1.83 bits per heavy atom. The first-order valence-electron chi connectivity index (χ1n) is 6.09. The van der Waals surface area contributed by atoms with Crippen molar-refractivity contribution in [3.63, 3.8) is 0 Å². The zero-order valence-corrected chi connectivity index (χ0v) is 10.6. The summed E-state index contributed by atoms with van der Waals surface area (Å²) in [6.45, 7) is 4.77. The highest BCUT2D eigenvalue weighted by Crippen LogP contribution is 2.18. The molecule has 0 aliphatic heterocycles. The Balaban J connectivity index is 2.05. The highest BCUT2D eigenvalue weighted by Gasteiger charge is 2.07. The number of aryl methyl sites for hydroxylation is 2. The molecule has 0 atom stereocenters. The largest absolute Gasteiger partial charge is 0.259 e. The van der Waals surface area contributed by atoms with Crippen LogP contribution in [0.2, 0.25) is 0 Å². The fourth-order valence-electron chi connectivity index (χ4n) is 2.25. The number of para-hydroxylation sites is 1. The zero-order valence-electron chi connectivity index (χ0n) is 10.6. The van der Waals surface area contributed by atoms with Gasteiger partial charge in [-0.15, -0.1) is 0 Å². The van der Waals surface area contributed by atoms with Crippen molar-refractivity contribution in [3.8, 4) is 0 Å². The van der Waals surface area contributed by atoms with Crippen molar-refractivity contribution in [3.05, 3.63) is 59.5 Å². The maximum atomic E-state index is 4.59. The van der Waals surface area contributed by atoms with E-state index in [1.165, 1.54) is 10.9 Å². The molecule has 0 aliphatic rings. The summed E-state index contributed by atoms with van der Waals surface area (Å²) in [7, 11) is 0. The fourth-order valence-corrected chi connectivity index (χ4v) is 2.25. The third kappa shape index (κ3) is 1.88. The minimum absolute atomic E-state index is 0.718. The quantitative estimate of drug-likeness (QED) is 0.685. The van der Waals surface area contributed by atoms with Gasteiger partial charge in [0, 0.05) is 11.1 Å². The molecule has 0 saturated carbocycles. The van der Waals surface area contributed by atoms with E-state index in [1.54, 1.807) is 0 Å². The van der Waals surface area contributed by atoms with Crippen LogP contribution in [0.25, 0.3) is 10.9 Å². The topological polar surface area (TPSA) is 30.7 Å². The molecule has 1 aromatic carbocycles. The Bertz CT molecular complexity index is 698. The van der Waals surface area contributed by atoms with Gasteiger partial charge in [0.05, 0.1) is 23.4 Å². The van der Waals surface area contributed by atoms with Crippen LogP contribution in [0.1, 0.15) is 17.1 Å². The molecule has 2 aromatic heterocycles. The van der Waals surface area contributed by atoms with E-state index in [4.69, 9.17) is 0 Å². The minimum Gasteiger partial charge on any atom is -0.259 e. The molecule has 0 N–H and O–H groups in total. The van der Waals surface area contributed by atoms with E-state index in [0.717, 1.165) is 23.6 Å². The molecule has 0 spiro atoms. The predicted octanol–water partition coefficient (Wildman–Crippen LogP) is 3.10. The van der Waals surface area contributed by atoms with Crippen LogP contribution in [0.4, 0.5) is 0 Å². The lowest BCUT2D eigenvalue weighted by Crippen LogP contribution is -2.04. The molecular weight excluding hydrogens is 222 g/mol. The SMILES string of the molecule is Cc1cccc(Cn2nc(C)c3ccccc32)n1. The van der Waals surface area contributed by atoms with Crippen molar-refractivity contribution >= 4 is 10.9 Å². The van der Waals surface area contributed by atoms with Gasteiger partial charge in [0.15, 0.2) is 0 Å². The molecule has 0 fully saturated rings. The van der Waals surface area contributed by atoms with Crippen molar-refractivity contribution in [2.45, 2.75) is 20.4 Å². The van der Waals surface area contributed by atoms with Gasteiger partial charge in [0.25, 0.3) is 0 Å². The molecule has 0 aliphatic carbocycles. The van der Waals surface area contributed by atoms with Gasteiger partial charge in [-0.05, 0) is 32.0 Å². The predicted molar refractivity (Wildman–Crippen MR) is 72.5 cm³/mol. The third-order valence-corrected chi connectivity index (χ3v) is 3.10. The van der Waals surface area contributed by atoms with E-state index >= 15 is 0 Å². The van der Waals surface area contributed by atoms with E-state index in [0.29, 0.717) is 0 Å². The Morgan fingerprint density at radius 3 is 2.67 bits per heavy atom. The lowest BCUT2D eigenvalue weighted by Gasteiger charge is -2.03. The van der Waals surface area contributed by atoms with Gasteiger partial charge in [-0.2, -0.15) is 5.10 Å². The third-order valence-electron chi connectivity index (χ3n) is 3.10. The maximum absolute atomic E-state index is 4.59. The molecule has 3 nitrogen and oxygen atoms in total. The lowest BCUT2D eigenvalue weighted by molar-refractivity contribution is 0.687. The Kier molecular flexibility index (Phi) is 2.59. The molecule has 3 aromatic rings. The van der Waals surface area contributed by atoms with Gasteiger partial charge in [0.1, 0.15) is 0 Å². The molecule has 0 amide bonds. The van der Waals surface area contributed by atoms with E-state index in [-0.39, 0.29) is 0 Å². The first-order chi connectivity index (χ1) is 8.74. The summed E-state index contributed by atoms with van der Waals surface area (Å²) in [6.07, 6.45) is 0. The standard InChI is InChI=1S/C15H15N3/c1-11-6-5-7-13(16-11)10-18-15-9-4-3-8-14(15)12(2)17-18/h3-9H,10H2,1-2H3. The van der Waals surface area contributed by atoms with Gasteiger partial charge < -0.3 is 0 Å². The minimum atomic E-state index is 0.718. The summed E-state index contributed by atoms with van der Waals surface area (Å²) in [6, 6.07) is 14.4. The summed E-state index contributed by atoms with van der Waals surface area (Å²) in [5.41, 5.74) is 4.32. The molecule has 0 radical (unpaired) electrons. The van der Waals surface area contributed by atoms with Crippen molar-refractivity contribution in [2.24, 2.45) is 0 Å². The Morgan fingerprint density at radius 1 is 1.00 bits per heavy atom. The highest BCUT2D eigenvalue weighted by molar-refractivity contribution is 5.81. The van der Waals surface area contributed by atoms with Gasteiger partial charge in [-0.1, -0.05) is 24.3 Å². The van der Waals surface area contributed by atoms with Crippen molar-refractivity contribution < 1.29 is 0 Å². The summed E-state index contributed by atoms with van der Waals surface area (Å²) in [4.78, 5) is 4.52. The maximum Gasteiger partial charge on any atom is 0.0838 e. The van der Waals surface area contributed by atoms with Crippen LogP contribution < -0.4 is 0 Å². The summed E-state index contributed by atoms with van der Waals surface area (Å²) >= 11 is 0.